The maximum Gasteiger partial charge on any atom is 0.0224 e. The molecule has 112 valence electrons. The fourth-order valence-electron chi connectivity index (χ4n) is 4.04. The van der Waals surface area contributed by atoms with Gasteiger partial charge in [-0.15, -0.1) is 0 Å². The Bertz CT molecular complexity index is 248. The maximum atomic E-state index is 3.84. The number of unbranched alkanes of at least 4 members (excludes halogenated alkanes) is 1. The zero-order valence-corrected chi connectivity index (χ0v) is 13.3. The largest absolute Gasteiger partial charge is 0.311 e. The molecule has 1 saturated carbocycles. The van der Waals surface area contributed by atoms with E-state index in [1.165, 1.54) is 64.5 Å². The molecule has 1 N–H and O–H groups in total. The van der Waals surface area contributed by atoms with Crippen LogP contribution in [-0.2, 0) is 0 Å². The SMILES string of the molecule is CCCCC(C)N1CC(C2CCCCC2)NCC1C. The number of nitrogens with zero attached hydrogens (tertiary/aromatic N) is 1. The van der Waals surface area contributed by atoms with E-state index in [0.717, 1.165) is 18.0 Å². The van der Waals surface area contributed by atoms with Crippen LogP contribution in [0, 0.1) is 5.92 Å². The Kier molecular flexibility index (Phi) is 6.15. The number of hydrogen-bond donors (Lipinski definition) is 1. The maximum absolute atomic E-state index is 3.84. The second-order valence-corrected chi connectivity index (χ2v) is 6.95. The molecule has 1 aliphatic carbocycles. The predicted octanol–water partition coefficient (Wildman–Crippen LogP) is 3.81. The van der Waals surface area contributed by atoms with Crippen LogP contribution >= 0.6 is 0 Å². The molecule has 2 aliphatic rings. The molecule has 0 amide bonds. The quantitative estimate of drug-likeness (QED) is 0.814. The molecule has 0 radical (unpaired) electrons. The second-order valence-electron chi connectivity index (χ2n) is 6.95. The Morgan fingerprint density at radius 3 is 2.63 bits per heavy atom. The number of rotatable bonds is 5. The van der Waals surface area contributed by atoms with Crippen molar-refractivity contribution in [1.82, 2.24) is 10.2 Å². The van der Waals surface area contributed by atoms with Crippen molar-refractivity contribution in [3.8, 4) is 0 Å². The molecule has 19 heavy (non-hydrogen) atoms. The van der Waals surface area contributed by atoms with Crippen LogP contribution in [0.15, 0.2) is 0 Å². The van der Waals surface area contributed by atoms with Gasteiger partial charge in [0.2, 0.25) is 0 Å². The Morgan fingerprint density at radius 2 is 1.95 bits per heavy atom. The van der Waals surface area contributed by atoms with Gasteiger partial charge in [0.15, 0.2) is 0 Å². The lowest BCUT2D eigenvalue weighted by Crippen LogP contribution is -2.60. The summed E-state index contributed by atoms with van der Waals surface area (Å²) in [6.45, 7) is 9.62. The Hall–Kier alpha value is -0.0800. The Labute approximate surface area is 120 Å². The lowest BCUT2D eigenvalue weighted by molar-refractivity contribution is 0.0680. The van der Waals surface area contributed by atoms with Crippen LogP contribution in [0.5, 0.6) is 0 Å². The summed E-state index contributed by atoms with van der Waals surface area (Å²) in [5.41, 5.74) is 0. The lowest BCUT2D eigenvalue weighted by atomic mass is 9.82. The minimum atomic E-state index is 0.715. The summed E-state index contributed by atoms with van der Waals surface area (Å²) in [4.78, 5) is 2.78. The van der Waals surface area contributed by atoms with Gasteiger partial charge in [-0.05, 0) is 39.0 Å². The van der Waals surface area contributed by atoms with Crippen LogP contribution in [0.4, 0.5) is 0 Å². The Balaban J connectivity index is 1.87. The number of nitrogens with one attached hydrogen (secondary N) is 1. The lowest BCUT2D eigenvalue weighted by Gasteiger charge is -2.45. The highest BCUT2D eigenvalue weighted by atomic mass is 15.2. The molecule has 2 fully saturated rings. The van der Waals surface area contributed by atoms with Crippen molar-refractivity contribution >= 4 is 0 Å². The van der Waals surface area contributed by atoms with E-state index in [1.54, 1.807) is 0 Å². The minimum Gasteiger partial charge on any atom is -0.311 e. The average molecular weight is 266 g/mol. The molecule has 1 saturated heterocycles. The van der Waals surface area contributed by atoms with Crippen LogP contribution in [0.3, 0.4) is 0 Å². The molecule has 1 heterocycles. The van der Waals surface area contributed by atoms with Crippen molar-refractivity contribution in [2.45, 2.75) is 90.3 Å². The minimum absolute atomic E-state index is 0.715. The van der Waals surface area contributed by atoms with Crippen LogP contribution in [0.25, 0.3) is 0 Å². The monoisotopic (exact) mass is 266 g/mol. The molecule has 0 aromatic carbocycles. The zero-order valence-electron chi connectivity index (χ0n) is 13.3. The van der Waals surface area contributed by atoms with Gasteiger partial charge in [0.25, 0.3) is 0 Å². The summed E-state index contributed by atoms with van der Waals surface area (Å²) in [6.07, 6.45) is 11.4. The van der Waals surface area contributed by atoms with Crippen molar-refractivity contribution in [1.29, 1.82) is 0 Å². The average Bonchev–Trinajstić information content (AvgIpc) is 2.46. The topological polar surface area (TPSA) is 15.3 Å². The molecular formula is C17H34N2. The highest BCUT2D eigenvalue weighted by Gasteiger charge is 2.32. The van der Waals surface area contributed by atoms with Gasteiger partial charge < -0.3 is 5.32 Å². The fourth-order valence-corrected chi connectivity index (χ4v) is 4.04. The van der Waals surface area contributed by atoms with Crippen molar-refractivity contribution in [3.63, 3.8) is 0 Å². The first kappa shape index (κ1) is 15.3. The van der Waals surface area contributed by atoms with E-state index >= 15 is 0 Å². The van der Waals surface area contributed by atoms with Crippen LogP contribution in [0.2, 0.25) is 0 Å². The second kappa shape index (κ2) is 7.64. The van der Waals surface area contributed by atoms with E-state index in [1.807, 2.05) is 0 Å². The number of piperazine rings is 1. The third-order valence-electron chi connectivity index (χ3n) is 5.41. The standard InChI is InChI=1S/C17H34N2/c1-4-5-9-14(2)19-13-17(18-12-15(19)3)16-10-7-6-8-11-16/h14-18H,4-13H2,1-3H3. The van der Waals surface area contributed by atoms with Crippen molar-refractivity contribution in [2.75, 3.05) is 13.1 Å². The molecule has 1 aliphatic heterocycles. The third-order valence-corrected chi connectivity index (χ3v) is 5.41. The van der Waals surface area contributed by atoms with Gasteiger partial charge >= 0.3 is 0 Å². The molecule has 0 aromatic rings. The summed E-state index contributed by atoms with van der Waals surface area (Å²) < 4.78 is 0. The molecule has 0 aromatic heterocycles. The van der Waals surface area contributed by atoms with E-state index in [-0.39, 0.29) is 0 Å². The fraction of sp³-hybridized carbons (Fsp3) is 1.00. The Morgan fingerprint density at radius 1 is 1.21 bits per heavy atom. The van der Waals surface area contributed by atoms with Crippen molar-refractivity contribution < 1.29 is 0 Å². The van der Waals surface area contributed by atoms with Gasteiger partial charge in [-0.1, -0.05) is 39.0 Å². The molecule has 0 spiro atoms. The van der Waals surface area contributed by atoms with Crippen molar-refractivity contribution in [3.05, 3.63) is 0 Å². The summed E-state index contributed by atoms with van der Waals surface area (Å²) in [7, 11) is 0. The molecular weight excluding hydrogens is 232 g/mol. The van der Waals surface area contributed by atoms with E-state index in [9.17, 15) is 0 Å². The summed E-state index contributed by atoms with van der Waals surface area (Å²) in [6, 6.07) is 2.25. The van der Waals surface area contributed by atoms with E-state index in [0.29, 0.717) is 6.04 Å². The van der Waals surface area contributed by atoms with Crippen LogP contribution in [0.1, 0.15) is 72.1 Å². The smallest absolute Gasteiger partial charge is 0.0224 e. The number of hydrogen-bond acceptors (Lipinski definition) is 2. The molecule has 3 unspecified atom stereocenters. The molecule has 2 nitrogen and oxygen atoms in total. The van der Waals surface area contributed by atoms with Gasteiger partial charge in [0, 0.05) is 31.2 Å². The zero-order chi connectivity index (χ0) is 13.7. The first-order valence-electron chi connectivity index (χ1n) is 8.71. The van der Waals surface area contributed by atoms with E-state index < -0.39 is 0 Å². The summed E-state index contributed by atoms with van der Waals surface area (Å²) in [5.74, 6) is 0.946. The van der Waals surface area contributed by atoms with Gasteiger partial charge in [-0.25, -0.2) is 0 Å². The van der Waals surface area contributed by atoms with Gasteiger partial charge in [0.1, 0.15) is 0 Å². The van der Waals surface area contributed by atoms with Crippen LogP contribution < -0.4 is 5.32 Å². The first-order chi connectivity index (χ1) is 9.22. The molecule has 0 bridgehead atoms. The van der Waals surface area contributed by atoms with Gasteiger partial charge in [0.05, 0.1) is 0 Å². The van der Waals surface area contributed by atoms with E-state index in [4.69, 9.17) is 0 Å². The molecule has 3 atom stereocenters. The first-order valence-corrected chi connectivity index (χ1v) is 8.71. The highest BCUT2D eigenvalue weighted by molar-refractivity contribution is 4.90. The van der Waals surface area contributed by atoms with Gasteiger partial charge in [-0.2, -0.15) is 0 Å². The van der Waals surface area contributed by atoms with E-state index in [2.05, 4.69) is 31.0 Å². The predicted molar refractivity (Wildman–Crippen MR) is 83.5 cm³/mol. The molecule has 2 rings (SSSR count). The van der Waals surface area contributed by atoms with Gasteiger partial charge in [-0.3, -0.25) is 4.90 Å². The molecule has 2 heteroatoms. The normalized spacial score (nSPS) is 32.4. The van der Waals surface area contributed by atoms with Crippen molar-refractivity contribution in [2.24, 2.45) is 5.92 Å². The highest BCUT2D eigenvalue weighted by Crippen LogP contribution is 2.29. The summed E-state index contributed by atoms with van der Waals surface area (Å²) >= 11 is 0. The summed E-state index contributed by atoms with van der Waals surface area (Å²) in [5, 5.41) is 3.84. The third kappa shape index (κ3) is 4.19. The van der Waals surface area contributed by atoms with Crippen LogP contribution in [-0.4, -0.2) is 36.1 Å².